The quantitative estimate of drug-likeness (QED) is 0.773. The number of carbonyl (C=O) groups excluding carboxylic acids is 2. The number of primary amides is 1. The number of nitrogens with zero attached hydrogens (tertiary/aromatic N) is 3. The maximum Gasteiger partial charge on any atom is 0.340 e. The lowest BCUT2D eigenvalue weighted by Crippen LogP contribution is -2.32. The lowest BCUT2D eigenvalue weighted by Gasteiger charge is -2.29. The first-order chi connectivity index (χ1) is 12.6. The summed E-state index contributed by atoms with van der Waals surface area (Å²) in [7, 11) is 0. The Morgan fingerprint density at radius 2 is 1.92 bits per heavy atom. The van der Waals surface area contributed by atoms with Crippen LogP contribution in [0.3, 0.4) is 0 Å². The van der Waals surface area contributed by atoms with Crippen molar-refractivity contribution in [2.45, 2.75) is 32.4 Å². The zero-order valence-electron chi connectivity index (χ0n) is 14.6. The van der Waals surface area contributed by atoms with E-state index in [0.717, 1.165) is 22.1 Å². The monoisotopic (exact) mass is 348 g/mol. The summed E-state index contributed by atoms with van der Waals surface area (Å²) in [5.74, 6) is 0.132. The number of carbonyl (C=O) groups is 2. The Hall–Kier alpha value is -3.15. The Morgan fingerprint density at radius 1 is 1.15 bits per heavy atom. The Morgan fingerprint density at radius 3 is 2.65 bits per heavy atom. The highest BCUT2D eigenvalue weighted by molar-refractivity contribution is 5.92. The van der Waals surface area contributed by atoms with E-state index in [4.69, 9.17) is 5.73 Å². The normalized spacial score (nSPS) is 15.6. The summed E-state index contributed by atoms with van der Waals surface area (Å²) in [5, 5.41) is 5.00. The van der Waals surface area contributed by atoms with Gasteiger partial charge in [-0.1, -0.05) is 36.4 Å². The van der Waals surface area contributed by atoms with Gasteiger partial charge in [0.25, 0.3) is 0 Å². The second-order valence-electron chi connectivity index (χ2n) is 6.64. The van der Waals surface area contributed by atoms with Crippen molar-refractivity contribution in [3.63, 3.8) is 0 Å². The minimum absolute atomic E-state index is 0.0314. The number of hydrogen-bond acceptors (Lipinski definition) is 3. The summed E-state index contributed by atoms with van der Waals surface area (Å²) in [6.45, 7) is 2.54. The van der Waals surface area contributed by atoms with Crippen molar-refractivity contribution in [3.05, 3.63) is 65.4 Å². The molecule has 0 saturated heterocycles. The highest BCUT2D eigenvalue weighted by Crippen LogP contribution is 2.31. The highest BCUT2D eigenvalue weighted by atomic mass is 16.2. The lowest BCUT2D eigenvalue weighted by molar-refractivity contribution is -0.133. The number of fused-ring (bicyclic) bond motifs is 3. The van der Waals surface area contributed by atoms with Crippen LogP contribution in [0.4, 0.5) is 4.79 Å². The van der Waals surface area contributed by atoms with E-state index in [1.54, 1.807) is 6.20 Å². The van der Waals surface area contributed by atoms with Crippen molar-refractivity contribution in [1.29, 1.82) is 0 Å². The van der Waals surface area contributed by atoms with Crippen LogP contribution in [-0.2, 0) is 17.8 Å². The molecule has 0 fully saturated rings. The molecule has 1 aliphatic rings. The molecule has 3 aromatic rings. The molecule has 2 N–H and O–H groups in total. The molecular formula is C20H20N4O2. The smallest absolute Gasteiger partial charge is 0.340 e. The zero-order chi connectivity index (χ0) is 18.3. The molecule has 26 heavy (non-hydrogen) atoms. The second-order valence-corrected chi connectivity index (χ2v) is 6.64. The number of nitrogens with two attached hydrogens (primary N) is 1. The summed E-state index contributed by atoms with van der Waals surface area (Å²) < 4.78 is 1.20. The van der Waals surface area contributed by atoms with Crippen molar-refractivity contribution in [2.75, 3.05) is 0 Å². The average Bonchev–Trinajstić information content (AvgIpc) is 3.02. The van der Waals surface area contributed by atoms with Crippen LogP contribution in [0, 0.1) is 0 Å². The third kappa shape index (κ3) is 2.63. The molecule has 0 unspecified atom stereocenters. The number of aromatic nitrogens is 2. The molecule has 0 aliphatic carbocycles. The molecule has 2 heterocycles. The second kappa shape index (κ2) is 6.29. The molecule has 0 radical (unpaired) electrons. The standard InChI is InChI=1S/C20H20N4O2/c1-13(14-5-3-2-4-6-14)23-12-17-15(8-10-19(23)25)7-9-18-16(17)11-22-24(18)20(21)26/h2-7,9,11,13H,8,10,12H2,1H3,(H2,21,26)/t13-/m1/s1. The number of rotatable bonds is 2. The van der Waals surface area contributed by atoms with E-state index in [0.29, 0.717) is 24.9 Å². The number of benzene rings is 2. The van der Waals surface area contributed by atoms with Crippen LogP contribution < -0.4 is 5.73 Å². The molecule has 1 aliphatic heterocycles. The molecule has 1 aromatic heterocycles. The first kappa shape index (κ1) is 16.3. The first-order valence-corrected chi connectivity index (χ1v) is 8.69. The van der Waals surface area contributed by atoms with Crippen LogP contribution >= 0.6 is 0 Å². The molecule has 0 spiro atoms. The molecule has 6 nitrogen and oxygen atoms in total. The van der Waals surface area contributed by atoms with Gasteiger partial charge in [-0.2, -0.15) is 9.78 Å². The zero-order valence-corrected chi connectivity index (χ0v) is 14.6. The number of aryl methyl sites for hydroxylation is 1. The fourth-order valence-corrected chi connectivity index (χ4v) is 3.71. The van der Waals surface area contributed by atoms with E-state index in [-0.39, 0.29) is 11.9 Å². The molecular weight excluding hydrogens is 328 g/mol. The molecule has 4 rings (SSSR count). The first-order valence-electron chi connectivity index (χ1n) is 8.69. The maximum atomic E-state index is 12.8. The maximum absolute atomic E-state index is 12.8. The number of hydrogen-bond donors (Lipinski definition) is 1. The fourth-order valence-electron chi connectivity index (χ4n) is 3.71. The summed E-state index contributed by atoms with van der Waals surface area (Å²) in [6, 6.07) is 13.2. The lowest BCUT2D eigenvalue weighted by atomic mass is 10.00. The average molecular weight is 348 g/mol. The minimum Gasteiger partial charge on any atom is -0.350 e. The Labute approximate surface area is 151 Å². The van der Waals surface area contributed by atoms with Gasteiger partial charge in [0.05, 0.1) is 17.8 Å². The molecule has 1 atom stereocenters. The summed E-state index contributed by atoms with van der Waals surface area (Å²) in [5.41, 5.74) is 9.35. The van der Waals surface area contributed by atoms with Crippen LogP contribution in [0.1, 0.15) is 36.1 Å². The van der Waals surface area contributed by atoms with E-state index in [1.807, 2.05) is 54.3 Å². The van der Waals surface area contributed by atoms with Crippen molar-refractivity contribution in [3.8, 4) is 0 Å². The number of amides is 2. The van der Waals surface area contributed by atoms with Gasteiger partial charge in [0.15, 0.2) is 0 Å². The Kier molecular flexibility index (Phi) is 3.95. The molecule has 0 saturated carbocycles. The fraction of sp³-hybridized carbons (Fsp3) is 0.250. The summed E-state index contributed by atoms with van der Waals surface area (Å²) in [6.07, 6.45) is 2.82. The molecule has 2 aromatic carbocycles. The van der Waals surface area contributed by atoms with Gasteiger partial charge in [0.1, 0.15) is 0 Å². The van der Waals surface area contributed by atoms with Gasteiger partial charge in [0, 0.05) is 18.4 Å². The summed E-state index contributed by atoms with van der Waals surface area (Å²) in [4.78, 5) is 26.3. The van der Waals surface area contributed by atoms with Crippen molar-refractivity contribution >= 4 is 22.8 Å². The van der Waals surface area contributed by atoms with Crippen LogP contribution in [0.15, 0.2) is 48.7 Å². The SMILES string of the molecule is C[C@H](c1ccccc1)N1Cc2c(ccc3c2cnn3C(N)=O)CCC1=O. The third-order valence-electron chi connectivity index (χ3n) is 5.18. The van der Waals surface area contributed by atoms with Crippen LogP contribution in [-0.4, -0.2) is 26.6 Å². The highest BCUT2D eigenvalue weighted by Gasteiger charge is 2.27. The Balaban J connectivity index is 1.79. The molecule has 2 amide bonds. The molecule has 0 bridgehead atoms. The van der Waals surface area contributed by atoms with Gasteiger partial charge < -0.3 is 10.6 Å². The van der Waals surface area contributed by atoms with Crippen molar-refractivity contribution in [1.82, 2.24) is 14.7 Å². The molecule has 6 heteroatoms. The van der Waals surface area contributed by atoms with Crippen LogP contribution in [0.5, 0.6) is 0 Å². The van der Waals surface area contributed by atoms with E-state index in [1.165, 1.54) is 4.68 Å². The van der Waals surface area contributed by atoms with Crippen molar-refractivity contribution < 1.29 is 9.59 Å². The van der Waals surface area contributed by atoms with Gasteiger partial charge in [0.2, 0.25) is 5.91 Å². The van der Waals surface area contributed by atoms with Crippen LogP contribution in [0.2, 0.25) is 0 Å². The predicted octanol–water partition coefficient (Wildman–Crippen LogP) is 3.00. The van der Waals surface area contributed by atoms with E-state index in [2.05, 4.69) is 5.10 Å². The Bertz CT molecular complexity index is 994. The van der Waals surface area contributed by atoms with Crippen molar-refractivity contribution in [2.24, 2.45) is 5.73 Å². The van der Waals surface area contributed by atoms with Gasteiger partial charge in [-0.05, 0) is 36.1 Å². The van der Waals surface area contributed by atoms with Gasteiger partial charge in [-0.15, -0.1) is 0 Å². The summed E-state index contributed by atoms with van der Waals surface area (Å²) >= 11 is 0. The van der Waals surface area contributed by atoms with Gasteiger partial charge in [-0.3, -0.25) is 4.79 Å². The third-order valence-corrected chi connectivity index (χ3v) is 5.18. The van der Waals surface area contributed by atoms with Crippen LogP contribution in [0.25, 0.3) is 10.9 Å². The van der Waals surface area contributed by atoms with Gasteiger partial charge >= 0.3 is 6.03 Å². The predicted molar refractivity (Wildman–Crippen MR) is 98.4 cm³/mol. The van der Waals surface area contributed by atoms with E-state index < -0.39 is 6.03 Å². The topological polar surface area (TPSA) is 81.2 Å². The minimum atomic E-state index is -0.612. The van der Waals surface area contributed by atoms with E-state index in [9.17, 15) is 9.59 Å². The molecule has 132 valence electrons. The van der Waals surface area contributed by atoms with Gasteiger partial charge in [-0.25, -0.2) is 4.79 Å². The van der Waals surface area contributed by atoms with E-state index >= 15 is 0 Å². The largest absolute Gasteiger partial charge is 0.350 e.